The minimum Gasteiger partial charge on any atom is -0.378 e. The topological polar surface area (TPSA) is 79.4 Å². The van der Waals surface area contributed by atoms with E-state index in [4.69, 9.17) is 4.74 Å². The van der Waals surface area contributed by atoms with Gasteiger partial charge in [0.2, 0.25) is 5.95 Å². The number of hydrogen-bond donors (Lipinski definition) is 2. The van der Waals surface area contributed by atoms with E-state index in [0.717, 1.165) is 37.8 Å². The second-order valence-electron chi connectivity index (χ2n) is 5.84. The monoisotopic (exact) mass is 341 g/mol. The zero-order chi connectivity index (χ0) is 17.5. The summed E-state index contributed by atoms with van der Waals surface area (Å²) in [6.45, 7) is 6.12. The molecule has 0 atom stereocenters. The van der Waals surface area contributed by atoms with Crippen molar-refractivity contribution in [2.24, 2.45) is 0 Å². The van der Waals surface area contributed by atoms with E-state index in [9.17, 15) is 4.79 Å². The van der Waals surface area contributed by atoms with Gasteiger partial charge in [0.25, 0.3) is 5.91 Å². The number of morpholine rings is 1. The van der Waals surface area contributed by atoms with Crippen molar-refractivity contribution in [3.63, 3.8) is 0 Å². The molecule has 1 amide bonds. The van der Waals surface area contributed by atoms with Crippen LogP contribution in [0.15, 0.2) is 36.4 Å². The van der Waals surface area contributed by atoms with Crippen LogP contribution in [0.5, 0.6) is 0 Å². The van der Waals surface area contributed by atoms with E-state index in [-0.39, 0.29) is 5.91 Å². The Hall–Kier alpha value is -2.67. The van der Waals surface area contributed by atoms with Crippen molar-refractivity contribution in [1.29, 1.82) is 0 Å². The third kappa shape index (κ3) is 4.90. The van der Waals surface area contributed by atoms with Crippen LogP contribution in [0.25, 0.3) is 0 Å². The summed E-state index contributed by atoms with van der Waals surface area (Å²) in [7, 11) is 0. The summed E-state index contributed by atoms with van der Waals surface area (Å²) in [4.78, 5) is 23.2. The van der Waals surface area contributed by atoms with Gasteiger partial charge in [0, 0.05) is 43.5 Å². The van der Waals surface area contributed by atoms with Crippen LogP contribution in [-0.2, 0) is 4.74 Å². The zero-order valence-corrected chi connectivity index (χ0v) is 14.4. The molecule has 1 aliphatic heterocycles. The first-order chi connectivity index (χ1) is 12.2. The van der Waals surface area contributed by atoms with Crippen LogP contribution < -0.4 is 15.5 Å². The Kier molecular flexibility index (Phi) is 5.79. The molecule has 7 nitrogen and oxygen atoms in total. The quantitative estimate of drug-likeness (QED) is 0.775. The van der Waals surface area contributed by atoms with Gasteiger partial charge >= 0.3 is 0 Å². The number of amides is 1. The fourth-order valence-electron chi connectivity index (χ4n) is 2.63. The number of carbonyl (C=O) groups excluding carboxylic acids is 1. The lowest BCUT2D eigenvalue weighted by Gasteiger charge is -2.28. The molecule has 0 saturated carbocycles. The van der Waals surface area contributed by atoms with Gasteiger partial charge in [-0.25, -0.2) is 4.98 Å². The lowest BCUT2D eigenvalue weighted by molar-refractivity contribution is 0.0955. The first kappa shape index (κ1) is 17.2. The molecule has 0 bridgehead atoms. The average Bonchev–Trinajstić information content (AvgIpc) is 2.66. The lowest BCUT2D eigenvalue weighted by Crippen LogP contribution is -2.37. The third-order valence-electron chi connectivity index (χ3n) is 3.91. The Labute approximate surface area is 147 Å². The Bertz CT molecular complexity index is 702. The Morgan fingerprint density at radius 1 is 1.16 bits per heavy atom. The van der Waals surface area contributed by atoms with Crippen LogP contribution in [0.3, 0.4) is 0 Å². The molecule has 1 saturated heterocycles. The first-order valence-corrected chi connectivity index (χ1v) is 8.48. The largest absolute Gasteiger partial charge is 0.378 e. The third-order valence-corrected chi connectivity index (χ3v) is 3.91. The van der Waals surface area contributed by atoms with Gasteiger partial charge in [0.15, 0.2) is 0 Å². The predicted molar refractivity (Wildman–Crippen MR) is 97.1 cm³/mol. The molecule has 7 heteroatoms. The van der Waals surface area contributed by atoms with Gasteiger partial charge in [-0.05, 0) is 19.1 Å². The highest BCUT2D eigenvalue weighted by atomic mass is 16.5. The van der Waals surface area contributed by atoms with E-state index < -0.39 is 0 Å². The molecule has 1 aromatic carbocycles. The second kappa shape index (κ2) is 8.43. The van der Waals surface area contributed by atoms with Crippen LogP contribution in [0.1, 0.15) is 16.1 Å². The highest BCUT2D eigenvalue weighted by Gasteiger charge is 2.14. The van der Waals surface area contributed by atoms with E-state index in [2.05, 4.69) is 25.5 Å². The normalized spacial score (nSPS) is 14.2. The molecular weight excluding hydrogens is 318 g/mol. The summed E-state index contributed by atoms with van der Waals surface area (Å²) in [5, 5.41) is 6.05. The minimum atomic E-state index is -0.0819. The number of carbonyl (C=O) groups is 1. The van der Waals surface area contributed by atoms with Crippen molar-refractivity contribution in [2.75, 3.05) is 49.6 Å². The zero-order valence-electron chi connectivity index (χ0n) is 14.4. The van der Waals surface area contributed by atoms with E-state index >= 15 is 0 Å². The molecule has 1 aliphatic rings. The van der Waals surface area contributed by atoms with E-state index in [1.54, 1.807) is 12.1 Å². The number of nitrogens with zero attached hydrogens (tertiary/aromatic N) is 3. The summed E-state index contributed by atoms with van der Waals surface area (Å²) in [6, 6.07) is 11.1. The molecule has 1 aromatic heterocycles. The highest BCUT2D eigenvalue weighted by molar-refractivity contribution is 5.94. The summed E-state index contributed by atoms with van der Waals surface area (Å²) >= 11 is 0. The van der Waals surface area contributed by atoms with Crippen LogP contribution in [0.4, 0.5) is 11.8 Å². The fraction of sp³-hybridized carbons (Fsp3) is 0.389. The van der Waals surface area contributed by atoms with Crippen LogP contribution in [0.2, 0.25) is 0 Å². The van der Waals surface area contributed by atoms with Crippen molar-refractivity contribution in [2.45, 2.75) is 6.92 Å². The SMILES string of the molecule is Cc1cc(N2CCOCC2)nc(NCCNC(=O)c2ccccc2)n1. The fourth-order valence-corrected chi connectivity index (χ4v) is 2.63. The summed E-state index contributed by atoms with van der Waals surface area (Å²) < 4.78 is 5.38. The molecule has 25 heavy (non-hydrogen) atoms. The van der Waals surface area contributed by atoms with E-state index in [1.807, 2.05) is 31.2 Å². The smallest absolute Gasteiger partial charge is 0.251 e. The van der Waals surface area contributed by atoms with Crippen molar-refractivity contribution in [1.82, 2.24) is 15.3 Å². The minimum absolute atomic E-state index is 0.0819. The van der Waals surface area contributed by atoms with Crippen LogP contribution >= 0.6 is 0 Å². The van der Waals surface area contributed by atoms with Gasteiger partial charge in [-0.15, -0.1) is 0 Å². The van der Waals surface area contributed by atoms with Gasteiger partial charge < -0.3 is 20.3 Å². The van der Waals surface area contributed by atoms with Gasteiger partial charge in [-0.3, -0.25) is 4.79 Å². The van der Waals surface area contributed by atoms with E-state index in [1.165, 1.54) is 0 Å². The Morgan fingerprint density at radius 2 is 1.92 bits per heavy atom. The number of anilines is 2. The average molecular weight is 341 g/mol. The Morgan fingerprint density at radius 3 is 2.68 bits per heavy atom. The lowest BCUT2D eigenvalue weighted by atomic mass is 10.2. The Balaban J connectivity index is 1.51. The van der Waals surface area contributed by atoms with E-state index in [0.29, 0.717) is 24.6 Å². The number of ether oxygens (including phenoxy) is 1. The number of rotatable bonds is 6. The summed E-state index contributed by atoms with van der Waals surface area (Å²) in [5.41, 5.74) is 1.57. The summed E-state index contributed by atoms with van der Waals surface area (Å²) in [5.74, 6) is 1.41. The maximum Gasteiger partial charge on any atom is 0.251 e. The first-order valence-electron chi connectivity index (χ1n) is 8.48. The molecule has 132 valence electrons. The number of aromatic nitrogens is 2. The van der Waals surface area contributed by atoms with Crippen LogP contribution in [0, 0.1) is 6.92 Å². The summed E-state index contributed by atoms with van der Waals surface area (Å²) in [6.07, 6.45) is 0. The highest BCUT2D eigenvalue weighted by Crippen LogP contribution is 2.16. The second-order valence-corrected chi connectivity index (χ2v) is 5.84. The number of nitrogens with one attached hydrogen (secondary N) is 2. The van der Waals surface area contributed by atoms with Gasteiger partial charge in [0.05, 0.1) is 13.2 Å². The molecule has 1 fully saturated rings. The van der Waals surface area contributed by atoms with Crippen molar-refractivity contribution < 1.29 is 9.53 Å². The van der Waals surface area contributed by atoms with Gasteiger partial charge in [-0.2, -0.15) is 4.98 Å². The molecule has 3 rings (SSSR count). The predicted octanol–water partition coefficient (Wildman–Crippen LogP) is 1.46. The van der Waals surface area contributed by atoms with Gasteiger partial charge in [-0.1, -0.05) is 18.2 Å². The molecule has 0 unspecified atom stereocenters. The van der Waals surface area contributed by atoms with Crippen molar-refractivity contribution in [3.05, 3.63) is 47.7 Å². The maximum absolute atomic E-state index is 12.0. The molecule has 2 heterocycles. The molecule has 0 spiro atoms. The standard InChI is InChI=1S/C18H23N5O2/c1-14-13-16(23-9-11-25-12-10-23)22-18(21-14)20-8-7-19-17(24)15-5-3-2-4-6-15/h2-6,13H,7-12H2,1H3,(H,19,24)(H,20,21,22). The molecular formula is C18H23N5O2. The maximum atomic E-state index is 12.0. The molecule has 2 aromatic rings. The van der Waals surface area contributed by atoms with Gasteiger partial charge in [0.1, 0.15) is 5.82 Å². The number of aryl methyl sites for hydroxylation is 1. The molecule has 0 aliphatic carbocycles. The van der Waals surface area contributed by atoms with Crippen molar-refractivity contribution in [3.8, 4) is 0 Å². The molecule has 0 radical (unpaired) electrons. The number of benzene rings is 1. The molecule has 2 N–H and O–H groups in total. The van der Waals surface area contributed by atoms with Crippen LogP contribution in [-0.4, -0.2) is 55.3 Å². The number of hydrogen-bond acceptors (Lipinski definition) is 6. The van der Waals surface area contributed by atoms with Crippen molar-refractivity contribution >= 4 is 17.7 Å².